The molecule has 1 amide bonds. The van der Waals surface area contributed by atoms with Gasteiger partial charge >= 0.3 is 12.4 Å². The Balaban J connectivity index is 2.49. The molecule has 132 valence electrons. The quantitative estimate of drug-likeness (QED) is 0.830. The monoisotopic (exact) mass is 362 g/mol. The molecular formula is C14H8F6N4O. The van der Waals surface area contributed by atoms with Crippen LogP contribution in [-0.2, 0) is 19.4 Å². The highest BCUT2D eigenvalue weighted by Gasteiger charge is 2.37. The summed E-state index contributed by atoms with van der Waals surface area (Å²) < 4.78 is 77.9. The number of nitriles is 1. The Kier molecular flexibility index (Phi) is 4.48. The summed E-state index contributed by atoms with van der Waals surface area (Å²) in [6.45, 7) is 0. The molecule has 0 radical (unpaired) electrons. The molecule has 2 aromatic rings. The van der Waals surface area contributed by atoms with E-state index in [1.54, 1.807) is 6.07 Å². The van der Waals surface area contributed by atoms with Crippen molar-refractivity contribution in [1.82, 2.24) is 9.78 Å². The Hall–Kier alpha value is -3.03. The first-order chi connectivity index (χ1) is 11.4. The van der Waals surface area contributed by atoms with Crippen LogP contribution in [0.25, 0.3) is 0 Å². The number of hydrogen-bond donors (Lipinski definition) is 1. The van der Waals surface area contributed by atoms with Gasteiger partial charge in [-0.2, -0.15) is 36.7 Å². The summed E-state index contributed by atoms with van der Waals surface area (Å²) >= 11 is 0. The van der Waals surface area contributed by atoms with Crippen molar-refractivity contribution in [3.63, 3.8) is 0 Å². The number of carbonyl (C=O) groups excluding carboxylic acids is 1. The molecular weight excluding hydrogens is 354 g/mol. The third-order valence-electron chi connectivity index (χ3n) is 3.14. The van der Waals surface area contributed by atoms with E-state index in [9.17, 15) is 31.1 Å². The molecule has 0 fully saturated rings. The van der Waals surface area contributed by atoms with E-state index in [0.717, 1.165) is 10.9 Å². The molecule has 1 N–H and O–H groups in total. The molecule has 11 heteroatoms. The summed E-state index contributed by atoms with van der Waals surface area (Å²) in [4.78, 5) is 12.1. The van der Waals surface area contributed by atoms with Crippen molar-refractivity contribution < 1.29 is 31.1 Å². The van der Waals surface area contributed by atoms with Crippen LogP contribution < -0.4 is 5.32 Å². The molecule has 1 heterocycles. The van der Waals surface area contributed by atoms with E-state index in [1.807, 2.05) is 0 Å². The largest absolute Gasteiger partial charge is 0.416 e. The van der Waals surface area contributed by atoms with Crippen LogP contribution in [0.3, 0.4) is 0 Å². The number of nitrogens with one attached hydrogen (secondary N) is 1. The SMILES string of the molecule is Cn1ncc(C#N)c1NC(=O)c1cc(C(F)(F)F)cc(C(F)(F)F)c1. The first-order valence-electron chi connectivity index (χ1n) is 6.46. The highest BCUT2D eigenvalue weighted by Crippen LogP contribution is 2.36. The molecule has 5 nitrogen and oxygen atoms in total. The molecule has 0 spiro atoms. The van der Waals surface area contributed by atoms with Crippen LogP contribution in [-0.4, -0.2) is 15.7 Å². The summed E-state index contributed by atoms with van der Waals surface area (Å²) in [5, 5.41) is 14.6. The third kappa shape index (κ3) is 3.90. The van der Waals surface area contributed by atoms with E-state index in [0.29, 0.717) is 12.1 Å². The molecule has 1 aromatic carbocycles. The van der Waals surface area contributed by atoms with Gasteiger partial charge in [-0.1, -0.05) is 0 Å². The van der Waals surface area contributed by atoms with Crippen molar-refractivity contribution >= 4 is 11.7 Å². The zero-order valence-corrected chi connectivity index (χ0v) is 12.3. The van der Waals surface area contributed by atoms with Crippen molar-refractivity contribution in [1.29, 1.82) is 5.26 Å². The predicted octanol–water partition coefficient (Wildman–Crippen LogP) is 3.58. The van der Waals surface area contributed by atoms with Crippen molar-refractivity contribution in [3.8, 4) is 6.07 Å². The lowest BCUT2D eigenvalue weighted by Crippen LogP contribution is -2.18. The number of aromatic nitrogens is 2. The van der Waals surface area contributed by atoms with Crippen molar-refractivity contribution in [2.24, 2.45) is 7.05 Å². The van der Waals surface area contributed by atoms with Crippen molar-refractivity contribution in [2.45, 2.75) is 12.4 Å². The molecule has 0 unspecified atom stereocenters. The number of carbonyl (C=O) groups is 1. The van der Waals surface area contributed by atoms with Crippen LogP contribution in [0.15, 0.2) is 24.4 Å². The van der Waals surface area contributed by atoms with Gasteiger partial charge in [0, 0.05) is 12.6 Å². The first-order valence-corrected chi connectivity index (χ1v) is 6.46. The Bertz CT molecular complexity index is 827. The fourth-order valence-electron chi connectivity index (χ4n) is 1.93. The van der Waals surface area contributed by atoms with E-state index in [2.05, 4.69) is 10.4 Å². The summed E-state index contributed by atoms with van der Waals surface area (Å²) in [7, 11) is 1.34. The zero-order chi connectivity index (χ0) is 19.0. The molecule has 0 saturated heterocycles. The van der Waals surface area contributed by atoms with Gasteiger partial charge in [0.05, 0.1) is 17.3 Å². The minimum atomic E-state index is -5.07. The van der Waals surface area contributed by atoms with E-state index in [1.165, 1.54) is 7.05 Å². The Morgan fingerprint density at radius 1 is 1.12 bits per heavy atom. The molecule has 25 heavy (non-hydrogen) atoms. The topological polar surface area (TPSA) is 70.7 Å². The second-order valence-electron chi connectivity index (χ2n) is 4.89. The van der Waals surface area contributed by atoms with E-state index in [-0.39, 0.29) is 17.4 Å². The fraction of sp³-hybridized carbons (Fsp3) is 0.214. The van der Waals surface area contributed by atoms with Gasteiger partial charge in [0.2, 0.25) is 0 Å². The maximum Gasteiger partial charge on any atom is 0.416 e. The van der Waals surface area contributed by atoms with Crippen LogP contribution >= 0.6 is 0 Å². The van der Waals surface area contributed by atoms with Crippen LogP contribution in [0, 0.1) is 11.3 Å². The molecule has 0 aliphatic rings. The highest BCUT2D eigenvalue weighted by atomic mass is 19.4. The van der Waals surface area contributed by atoms with E-state index >= 15 is 0 Å². The summed E-state index contributed by atoms with van der Waals surface area (Å²) in [5.74, 6) is -1.39. The third-order valence-corrected chi connectivity index (χ3v) is 3.14. The van der Waals surface area contributed by atoms with Crippen LogP contribution in [0.5, 0.6) is 0 Å². The molecule has 0 aliphatic carbocycles. The van der Waals surface area contributed by atoms with E-state index in [4.69, 9.17) is 5.26 Å². The van der Waals surface area contributed by atoms with Crippen LogP contribution in [0.1, 0.15) is 27.0 Å². The standard InChI is InChI=1S/C14H8F6N4O/c1-24-11(8(5-21)6-22-24)23-12(25)7-2-9(13(15,16)17)4-10(3-7)14(18,19)20/h2-4,6H,1H3,(H,23,25). The van der Waals surface area contributed by atoms with Gasteiger partial charge in [0.15, 0.2) is 0 Å². The Morgan fingerprint density at radius 2 is 1.64 bits per heavy atom. The summed E-state index contributed by atoms with van der Waals surface area (Å²) in [5.41, 5.74) is -4.18. The highest BCUT2D eigenvalue weighted by molar-refractivity contribution is 6.04. The number of anilines is 1. The smallest absolute Gasteiger partial charge is 0.306 e. The zero-order valence-electron chi connectivity index (χ0n) is 12.3. The average molecular weight is 362 g/mol. The summed E-state index contributed by atoms with van der Waals surface area (Å²) in [6, 6.07) is 2.20. The number of alkyl halides is 6. The Labute approximate surface area is 136 Å². The summed E-state index contributed by atoms with van der Waals surface area (Å²) in [6.07, 6.45) is -9.05. The van der Waals surface area contributed by atoms with Crippen molar-refractivity contribution in [2.75, 3.05) is 5.32 Å². The number of aryl methyl sites for hydroxylation is 1. The average Bonchev–Trinajstić information content (AvgIpc) is 2.85. The molecule has 1 aromatic heterocycles. The molecule has 0 atom stereocenters. The van der Waals surface area contributed by atoms with Gasteiger partial charge in [-0.05, 0) is 18.2 Å². The Morgan fingerprint density at radius 3 is 2.08 bits per heavy atom. The normalized spacial score (nSPS) is 11.9. The minimum Gasteiger partial charge on any atom is -0.306 e. The number of halogens is 6. The lowest BCUT2D eigenvalue weighted by molar-refractivity contribution is -0.143. The van der Waals surface area contributed by atoms with Crippen molar-refractivity contribution in [3.05, 3.63) is 46.6 Å². The van der Waals surface area contributed by atoms with Gasteiger partial charge < -0.3 is 5.32 Å². The second kappa shape index (κ2) is 6.12. The molecule has 0 aliphatic heterocycles. The maximum absolute atomic E-state index is 12.8. The lowest BCUT2D eigenvalue weighted by atomic mass is 10.0. The maximum atomic E-state index is 12.8. The van der Waals surface area contributed by atoms with Gasteiger partial charge in [0.25, 0.3) is 5.91 Å². The molecule has 0 bridgehead atoms. The minimum absolute atomic E-state index is 0.0818. The van der Waals surface area contributed by atoms with E-state index < -0.39 is 35.0 Å². The number of amides is 1. The number of nitrogens with zero attached hydrogens (tertiary/aromatic N) is 3. The fourth-order valence-corrected chi connectivity index (χ4v) is 1.93. The predicted molar refractivity (Wildman–Crippen MR) is 72.3 cm³/mol. The molecule has 0 saturated carbocycles. The lowest BCUT2D eigenvalue weighted by Gasteiger charge is -2.14. The van der Waals surface area contributed by atoms with Gasteiger partial charge in [0.1, 0.15) is 17.5 Å². The van der Waals surface area contributed by atoms with Gasteiger partial charge in [-0.15, -0.1) is 0 Å². The number of benzene rings is 1. The van der Waals surface area contributed by atoms with Crippen LogP contribution in [0.4, 0.5) is 32.2 Å². The number of hydrogen-bond acceptors (Lipinski definition) is 3. The number of rotatable bonds is 2. The van der Waals surface area contributed by atoms with Crippen LogP contribution in [0.2, 0.25) is 0 Å². The molecule has 2 rings (SSSR count). The van der Waals surface area contributed by atoms with Gasteiger partial charge in [-0.3, -0.25) is 9.48 Å². The second-order valence-corrected chi connectivity index (χ2v) is 4.89. The van der Waals surface area contributed by atoms with Gasteiger partial charge in [-0.25, -0.2) is 0 Å². The first kappa shape index (κ1) is 18.3.